The van der Waals surface area contributed by atoms with Crippen LogP contribution in [0.1, 0.15) is 25.3 Å². The molecule has 1 aromatic heterocycles. The number of rotatable bonds is 3. The number of nitrogens with one attached hydrogen (secondary N) is 1. The van der Waals surface area contributed by atoms with Gasteiger partial charge in [-0.2, -0.15) is 0 Å². The third kappa shape index (κ3) is 4.82. The number of hydrogen-bond donors (Lipinski definition) is 1. The van der Waals surface area contributed by atoms with Crippen molar-refractivity contribution in [1.82, 2.24) is 15.2 Å². The highest BCUT2D eigenvalue weighted by Crippen LogP contribution is 2.26. The zero-order chi connectivity index (χ0) is 15.7. The Morgan fingerprint density at radius 1 is 1.42 bits per heavy atom. The molecule has 1 saturated heterocycles. The Kier molecular flexibility index (Phi) is 8.42. The molecule has 134 valence electrons. The largest absolute Gasteiger partial charge is 0.337 e. The van der Waals surface area contributed by atoms with E-state index in [4.69, 9.17) is 0 Å². The van der Waals surface area contributed by atoms with E-state index in [-0.39, 0.29) is 36.8 Å². The fourth-order valence-electron chi connectivity index (χ4n) is 2.82. The van der Waals surface area contributed by atoms with Gasteiger partial charge in [-0.1, -0.05) is 15.9 Å². The fourth-order valence-corrected chi connectivity index (χ4v) is 4.12. The van der Waals surface area contributed by atoms with Gasteiger partial charge in [0.05, 0.1) is 15.2 Å². The average Bonchev–Trinajstić information content (AvgIpc) is 2.89. The Balaban J connectivity index is 0.00000144. The van der Waals surface area contributed by atoms with Crippen molar-refractivity contribution in [2.75, 3.05) is 13.1 Å². The molecular weight excluding hydrogens is 433 g/mol. The number of fused-ring (bicyclic) bond motifs is 1. The standard InChI is InChI=1S/C16H20BrN3OS.2ClH/c1-10-11(2)20(8-7-18-10)16(21)6-5-15-19-13-9-12(17)3-4-14(13)22-15;;/h3-4,9-11,18H,5-8H2,1-2H3;2*1H. The minimum atomic E-state index is 0. The maximum absolute atomic E-state index is 12.5. The van der Waals surface area contributed by atoms with Gasteiger partial charge in [-0.3, -0.25) is 4.79 Å². The van der Waals surface area contributed by atoms with Gasteiger partial charge in [0.1, 0.15) is 0 Å². The SMILES string of the molecule is CC1NCCN(C(=O)CCc2nc3cc(Br)ccc3s2)C1C.Cl.Cl. The van der Waals surface area contributed by atoms with Crippen molar-refractivity contribution in [2.45, 2.75) is 38.8 Å². The molecular formula is C16H22BrCl2N3OS. The zero-order valence-corrected chi connectivity index (χ0v) is 17.7. The smallest absolute Gasteiger partial charge is 0.223 e. The van der Waals surface area contributed by atoms with Gasteiger partial charge >= 0.3 is 0 Å². The first-order valence-electron chi connectivity index (χ1n) is 7.62. The van der Waals surface area contributed by atoms with Crippen molar-refractivity contribution in [3.05, 3.63) is 27.7 Å². The summed E-state index contributed by atoms with van der Waals surface area (Å²) in [5.74, 6) is 0.237. The summed E-state index contributed by atoms with van der Waals surface area (Å²) in [6, 6.07) is 6.74. The summed E-state index contributed by atoms with van der Waals surface area (Å²) in [4.78, 5) is 19.1. The second-order valence-electron chi connectivity index (χ2n) is 5.79. The predicted octanol–water partition coefficient (Wildman–Crippen LogP) is 4.04. The number of thiazole rings is 1. The summed E-state index contributed by atoms with van der Waals surface area (Å²) in [7, 11) is 0. The van der Waals surface area contributed by atoms with Crippen LogP contribution in [0.25, 0.3) is 10.2 Å². The Hall–Kier alpha value is -0.400. The quantitative estimate of drug-likeness (QED) is 0.760. The Bertz CT molecular complexity index is 697. The molecule has 2 aromatic rings. The number of nitrogens with zero attached hydrogens (tertiary/aromatic N) is 2. The summed E-state index contributed by atoms with van der Waals surface area (Å²) < 4.78 is 2.21. The summed E-state index contributed by atoms with van der Waals surface area (Å²) in [5.41, 5.74) is 1.01. The molecule has 0 radical (unpaired) electrons. The second-order valence-corrected chi connectivity index (χ2v) is 7.82. The van der Waals surface area contributed by atoms with Gasteiger partial charge in [0.2, 0.25) is 5.91 Å². The lowest BCUT2D eigenvalue weighted by molar-refractivity contribution is -0.134. The van der Waals surface area contributed by atoms with Crippen molar-refractivity contribution < 1.29 is 4.79 Å². The molecule has 1 fully saturated rings. The van der Waals surface area contributed by atoms with Gasteiger partial charge in [-0.15, -0.1) is 36.2 Å². The number of piperazine rings is 1. The molecule has 1 aliphatic rings. The van der Waals surface area contributed by atoms with Gasteiger partial charge < -0.3 is 10.2 Å². The van der Waals surface area contributed by atoms with Crippen LogP contribution in [0.2, 0.25) is 0 Å². The molecule has 2 unspecified atom stereocenters. The Labute approximate surface area is 167 Å². The highest BCUT2D eigenvalue weighted by Gasteiger charge is 2.27. The molecule has 0 spiro atoms. The maximum atomic E-state index is 12.5. The number of aromatic nitrogens is 1. The topological polar surface area (TPSA) is 45.2 Å². The normalized spacial score (nSPS) is 20.4. The van der Waals surface area contributed by atoms with E-state index in [0.29, 0.717) is 12.5 Å². The minimum absolute atomic E-state index is 0. The number of hydrogen-bond acceptors (Lipinski definition) is 4. The average molecular weight is 455 g/mol. The van der Waals surface area contributed by atoms with E-state index in [0.717, 1.165) is 34.5 Å². The maximum Gasteiger partial charge on any atom is 0.223 e. The molecule has 1 aromatic carbocycles. The highest BCUT2D eigenvalue weighted by atomic mass is 79.9. The second kappa shape index (κ2) is 9.34. The lowest BCUT2D eigenvalue weighted by Crippen LogP contribution is -2.57. The highest BCUT2D eigenvalue weighted by molar-refractivity contribution is 9.10. The van der Waals surface area contributed by atoms with Crippen LogP contribution in [0.15, 0.2) is 22.7 Å². The molecule has 24 heavy (non-hydrogen) atoms. The van der Waals surface area contributed by atoms with Crippen LogP contribution in [-0.4, -0.2) is 41.0 Å². The van der Waals surface area contributed by atoms with E-state index in [9.17, 15) is 4.79 Å². The van der Waals surface area contributed by atoms with Gasteiger partial charge in [-0.05, 0) is 32.0 Å². The number of carbonyl (C=O) groups is 1. The molecule has 3 rings (SSSR count). The molecule has 2 atom stereocenters. The first kappa shape index (κ1) is 21.6. The first-order chi connectivity index (χ1) is 10.5. The Morgan fingerprint density at radius 3 is 2.92 bits per heavy atom. The van der Waals surface area contributed by atoms with Crippen molar-refractivity contribution in [3.63, 3.8) is 0 Å². The van der Waals surface area contributed by atoms with E-state index < -0.39 is 0 Å². The number of halogens is 3. The summed E-state index contributed by atoms with van der Waals surface area (Å²) in [5, 5.41) is 4.44. The van der Waals surface area contributed by atoms with E-state index in [1.165, 1.54) is 4.70 Å². The summed E-state index contributed by atoms with van der Waals surface area (Å²) >= 11 is 5.15. The van der Waals surface area contributed by atoms with Gasteiger partial charge in [0.25, 0.3) is 0 Å². The van der Waals surface area contributed by atoms with E-state index in [1.54, 1.807) is 11.3 Å². The molecule has 0 bridgehead atoms. The Morgan fingerprint density at radius 2 is 2.17 bits per heavy atom. The fraction of sp³-hybridized carbons (Fsp3) is 0.500. The number of aryl methyl sites for hydroxylation is 1. The number of amides is 1. The monoisotopic (exact) mass is 453 g/mol. The van der Waals surface area contributed by atoms with Crippen LogP contribution in [0.5, 0.6) is 0 Å². The molecule has 0 aliphatic carbocycles. The molecule has 4 nitrogen and oxygen atoms in total. The van der Waals surface area contributed by atoms with Crippen LogP contribution in [0.4, 0.5) is 0 Å². The number of carbonyl (C=O) groups excluding carboxylic acids is 1. The van der Waals surface area contributed by atoms with Crippen LogP contribution in [0.3, 0.4) is 0 Å². The van der Waals surface area contributed by atoms with E-state index in [2.05, 4.69) is 46.1 Å². The molecule has 1 N–H and O–H groups in total. The molecule has 1 aliphatic heterocycles. The molecule has 8 heteroatoms. The summed E-state index contributed by atoms with van der Waals surface area (Å²) in [6.45, 7) is 5.93. The van der Waals surface area contributed by atoms with Crippen LogP contribution >= 0.6 is 52.1 Å². The van der Waals surface area contributed by atoms with Crippen molar-refractivity contribution >= 4 is 68.2 Å². The lowest BCUT2D eigenvalue weighted by Gasteiger charge is -2.38. The van der Waals surface area contributed by atoms with Crippen LogP contribution < -0.4 is 5.32 Å². The minimum Gasteiger partial charge on any atom is -0.337 e. The molecule has 0 saturated carbocycles. The van der Waals surface area contributed by atoms with Gasteiger partial charge in [0.15, 0.2) is 0 Å². The lowest BCUT2D eigenvalue weighted by atomic mass is 10.1. The van der Waals surface area contributed by atoms with Crippen molar-refractivity contribution in [1.29, 1.82) is 0 Å². The molecule has 2 heterocycles. The van der Waals surface area contributed by atoms with E-state index in [1.807, 2.05) is 17.0 Å². The third-order valence-corrected chi connectivity index (χ3v) is 5.89. The predicted molar refractivity (Wildman–Crippen MR) is 109 cm³/mol. The van der Waals surface area contributed by atoms with Crippen LogP contribution in [-0.2, 0) is 11.2 Å². The summed E-state index contributed by atoms with van der Waals surface area (Å²) in [6.07, 6.45) is 1.26. The van der Waals surface area contributed by atoms with Crippen molar-refractivity contribution in [3.8, 4) is 0 Å². The zero-order valence-electron chi connectivity index (χ0n) is 13.6. The van der Waals surface area contributed by atoms with Gasteiger partial charge in [-0.25, -0.2) is 4.98 Å². The molecule has 1 amide bonds. The van der Waals surface area contributed by atoms with Gasteiger partial charge in [0, 0.05) is 42.5 Å². The van der Waals surface area contributed by atoms with E-state index >= 15 is 0 Å². The third-order valence-electron chi connectivity index (χ3n) is 4.30. The number of benzene rings is 1. The van der Waals surface area contributed by atoms with Crippen molar-refractivity contribution in [2.24, 2.45) is 0 Å². The first-order valence-corrected chi connectivity index (χ1v) is 9.23. The van der Waals surface area contributed by atoms with Crippen LogP contribution in [0, 0.1) is 0 Å².